The molecule has 0 amide bonds. The van der Waals surface area contributed by atoms with E-state index in [1.165, 1.54) is 6.42 Å². The van der Waals surface area contributed by atoms with E-state index in [0.717, 1.165) is 17.1 Å². The van der Waals surface area contributed by atoms with Crippen LogP contribution in [0.25, 0.3) is 11.4 Å². The van der Waals surface area contributed by atoms with Crippen molar-refractivity contribution in [1.29, 1.82) is 0 Å². The van der Waals surface area contributed by atoms with Crippen LogP contribution in [0.1, 0.15) is 26.0 Å². The molecular weight excluding hydrogens is 379 g/mol. The Labute approximate surface area is 136 Å². The Balaban J connectivity index is -0.000000312. The first-order chi connectivity index (χ1) is 9.01. The van der Waals surface area contributed by atoms with Gasteiger partial charge in [-0.05, 0) is 19.1 Å². The Kier molecular flexibility index (Phi) is 18.0. The van der Waals surface area contributed by atoms with E-state index < -0.39 is 7.54 Å². The molecule has 0 radical (unpaired) electrons. The van der Waals surface area contributed by atoms with Gasteiger partial charge >= 0.3 is 28.0 Å². The van der Waals surface area contributed by atoms with Crippen LogP contribution >= 0.6 is 0 Å². The molecular formula is C12H16BF4N3Pd. The number of nitrogens with zero attached hydrogens (tertiary/aromatic N) is 3. The molecule has 2 rings (SSSR count). The molecule has 0 aromatic carbocycles. The molecule has 0 saturated carbocycles. The molecule has 0 atom stereocenters. The van der Waals surface area contributed by atoms with Gasteiger partial charge < -0.3 is 14.9 Å². The van der Waals surface area contributed by atoms with Gasteiger partial charge in [0.05, 0.1) is 0 Å². The van der Waals surface area contributed by atoms with Gasteiger partial charge in [-0.2, -0.15) is 0 Å². The molecule has 120 valence electrons. The third kappa shape index (κ3) is 13.5. The molecule has 0 aliphatic heterocycles. The van der Waals surface area contributed by atoms with E-state index in [1.54, 1.807) is 6.20 Å². The molecule has 0 fully saturated rings. The summed E-state index contributed by atoms with van der Waals surface area (Å²) in [5, 5.41) is 7.88. The number of aryl methyl sites for hydroxylation is 1. The molecule has 2 aromatic rings. The summed E-state index contributed by atoms with van der Waals surface area (Å²) in [7, 11) is -3.67. The van der Waals surface area contributed by atoms with Gasteiger partial charge in [0.25, 0.3) is 0 Å². The van der Waals surface area contributed by atoms with Gasteiger partial charge in [-0.1, -0.05) is 38.1 Å². The molecule has 0 saturated heterocycles. The van der Waals surface area contributed by atoms with Gasteiger partial charge in [0.2, 0.25) is 0 Å². The largest absolute Gasteiger partial charge is 2.00 e. The second-order valence-corrected chi connectivity index (χ2v) is 3.54. The standard InChI is InChI=1S/C9H8N3.C3H8.BF3.FH.Pd/c1-7-6-9(12-11-7)8-4-2-3-5-10-8;1-3-2;2-1(3)4;;/h2-6H,1H3;3H2,1-2H3;;1H;/q-1;;;;+2/p-1. The maximum atomic E-state index is 9.67. The molecule has 0 bridgehead atoms. The third-order valence-corrected chi connectivity index (χ3v) is 1.59. The van der Waals surface area contributed by atoms with Crippen LogP contribution in [0.3, 0.4) is 0 Å². The smallest absolute Gasteiger partial charge is 1.00 e. The van der Waals surface area contributed by atoms with Crippen LogP contribution in [0.5, 0.6) is 0 Å². The Morgan fingerprint density at radius 2 is 1.71 bits per heavy atom. The van der Waals surface area contributed by atoms with Crippen molar-refractivity contribution in [3.63, 3.8) is 0 Å². The topological polar surface area (TPSA) is 39.9 Å². The van der Waals surface area contributed by atoms with Crippen LogP contribution in [0.4, 0.5) is 12.9 Å². The molecule has 3 nitrogen and oxygen atoms in total. The van der Waals surface area contributed by atoms with Crippen LogP contribution in [0.15, 0.2) is 30.5 Å². The van der Waals surface area contributed by atoms with E-state index in [1.807, 2.05) is 31.2 Å². The summed E-state index contributed by atoms with van der Waals surface area (Å²) in [5.74, 6) is 0. The van der Waals surface area contributed by atoms with Gasteiger partial charge in [0, 0.05) is 17.6 Å². The van der Waals surface area contributed by atoms with Crippen molar-refractivity contribution in [2.24, 2.45) is 0 Å². The Bertz CT molecular complexity index is 440. The van der Waals surface area contributed by atoms with Gasteiger partial charge in [-0.15, -0.1) is 0 Å². The van der Waals surface area contributed by atoms with Crippen molar-refractivity contribution >= 4 is 7.54 Å². The Hall–Kier alpha value is -1.19. The second-order valence-electron chi connectivity index (χ2n) is 3.54. The minimum atomic E-state index is -3.67. The summed E-state index contributed by atoms with van der Waals surface area (Å²) in [5.41, 5.74) is 2.64. The van der Waals surface area contributed by atoms with Crippen LogP contribution in [-0.2, 0) is 20.4 Å². The molecule has 0 spiro atoms. The second kappa shape index (κ2) is 15.2. The average Bonchev–Trinajstić information content (AvgIpc) is 2.77. The average molecular weight is 396 g/mol. The van der Waals surface area contributed by atoms with Gasteiger partial charge in [-0.25, -0.2) is 0 Å². The maximum Gasteiger partial charge on any atom is 2.00 e. The quantitative estimate of drug-likeness (QED) is 0.527. The summed E-state index contributed by atoms with van der Waals surface area (Å²) >= 11 is 0. The maximum absolute atomic E-state index is 9.67. The fourth-order valence-corrected chi connectivity index (χ4v) is 1.03. The summed E-state index contributed by atoms with van der Waals surface area (Å²) in [6, 6.07) is 7.66. The monoisotopic (exact) mass is 395 g/mol. The molecule has 0 aliphatic carbocycles. The molecule has 9 heteroatoms. The fourth-order valence-electron chi connectivity index (χ4n) is 1.03. The number of hydrogen-bond acceptors (Lipinski definition) is 2. The molecule has 21 heavy (non-hydrogen) atoms. The number of hydrogen-bond donors (Lipinski definition) is 0. The molecule has 0 aliphatic rings. The van der Waals surface area contributed by atoms with E-state index in [9.17, 15) is 12.9 Å². The van der Waals surface area contributed by atoms with Crippen molar-refractivity contribution in [1.82, 2.24) is 15.2 Å². The Morgan fingerprint density at radius 3 is 2.05 bits per heavy atom. The van der Waals surface area contributed by atoms with Gasteiger partial charge in [-0.3, -0.25) is 17.9 Å². The molecule has 2 aromatic heterocycles. The van der Waals surface area contributed by atoms with E-state index in [-0.39, 0.29) is 25.1 Å². The van der Waals surface area contributed by atoms with Crippen LogP contribution in [-0.4, -0.2) is 17.6 Å². The first-order valence-electron chi connectivity index (χ1n) is 5.81. The fraction of sp³-hybridized carbons (Fsp3) is 0.333. The minimum absolute atomic E-state index is 0. The van der Waals surface area contributed by atoms with Crippen molar-refractivity contribution in [3.05, 3.63) is 36.2 Å². The zero-order valence-electron chi connectivity index (χ0n) is 11.8. The van der Waals surface area contributed by atoms with E-state index >= 15 is 0 Å². The zero-order valence-corrected chi connectivity index (χ0v) is 13.4. The number of pyridine rings is 1. The summed E-state index contributed by atoms with van der Waals surface area (Å²) < 4.78 is 29.0. The zero-order chi connectivity index (χ0) is 14.7. The molecule has 2 heterocycles. The Morgan fingerprint density at radius 1 is 1.19 bits per heavy atom. The van der Waals surface area contributed by atoms with Crippen LogP contribution in [0.2, 0.25) is 0 Å². The predicted molar refractivity (Wildman–Crippen MR) is 70.6 cm³/mol. The van der Waals surface area contributed by atoms with Gasteiger partial charge in [0.1, 0.15) is 0 Å². The SMILES string of the molecule is CCC.Cc1cc(-c2ccccn2)[n-]n1.FB(F)F.[F-].[Pd+2]. The first kappa shape index (κ1) is 24.8. The van der Waals surface area contributed by atoms with Crippen LogP contribution < -0.4 is 9.80 Å². The number of rotatable bonds is 1. The third-order valence-electron chi connectivity index (χ3n) is 1.59. The minimum Gasteiger partial charge on any atom is -1.00 e. The molecule has 0 N–H and O–H groups in total. The summed E-state index contributed by atoms with van der Waals surface area (Å²) in [4.78, 5) is 4.16. The van der Waals surface area contributed by atoms with E-state index in [4.69, 9.17) is 0 Å². The van der Waals surface area contributed by atoms with Crippen molar-refractivity contribution in [2.45, 2.75) is 27.2 Å². The van der Waals surface area contributed by atoms with Crippen molar-refractivity contribution in [2.75, 3.05) is 0 Å². The number of halogens is 4. The number of aromatic nitrogens is 3. The predicted octanol–water partition coefficient (Wildman–Crippen LogP) is 0.707. The van der Waals surface area contributed by atoms with Crippen LogP contribution in [0, 0.1) is 6.92 Å². The first-order valence-corrected chi connectivity index (χ1v) is 5.81. The summed E-state index contributed by atoms with van der Waals surface area (Å²) in [6.45, 7) is 6.17. The van der Waals surface area contributed by atoms with Gasteiger partial charge in [0.15, 0.2) is 0 Å². The summed E-state index contributed by atoms with van der Waals surface area (Å²) in [6.07, 6.45) is 3.00. The van der Waals surface area contributed by atoms with Crippen molar-refractivity contribution in [3.8, 4) is 11.4 Å². The normalized spacial score (nSPS) is 7.90. The van der Waals surface area contributed by atoms with Crippen molar-refractivity contribution < 1.29 is 38.1 Å². The van der Waals surface area contributed by atoms with E-state index in [0.29, 0.717) is 0 Å². The van der Waals surface area contributed by atoms with E-state index in [2.05, 4.69) is 29.0 Å². The molecule has 0 unspecified atom stereocenters.